The van der Waals surface area contributed by atoms with Crippen molar-refractivity contribution in [2.45, 2.75) is 97.4 Å². The fourth-order valence-corrected chi connectivity index (χ4v) is 2.02. The Hall–Kier alpha value is -0.160. The van der Waals surface area contributed by atoms with Gasteiger partial charge in [-0.15, -0.1) is 0 Å². The van der Waals surface area contributed by atoms with Gasteiger partial charge in [-0.05, 0) is 53.9 Å². The van der Waals surface area contributed by atoms with Crippen LogP contribution in [-0.2, 0) is 4.74 Å². The van der Waals surface area contributed by atoms with Gasteiger partial charge in [0.1, 0.15) is 0 Å². The van der Waals surface area contributed by atoms with E-state index in [1.807, 2.05) is 13.8 Å². The van der Waals surface area contributed by atoms with E-state index in [4.69, 9.17) is 4.74 Å². The van der Waals surface area contributed by atoms with Gasteiger partial charge in [-0.25, -0.2) is 0 Å². The Bertz CT molecular complexity index is 294. The molecule has 4 heteroatoms. The first-order valence-corrected chi connectivity index (χ1v) is 8.81. The van der Waals surface area contributed by atoms with E-state index >= 15 is 0 Å². The van der Waals surface area contributed by atoms with Crippen molar-refractivity contribution in [2.75, 3.05) is 19.7 Å². The standard InChI is InChI=1S/C18H40N2O2/c1-9-15(12-19-16(4,5)6)22-14-17(7,8)20-13-18(21,10-2)11-3/h15,19-21H,9-14H2,1-8H3. The smallest absolute Gasteiger partial charge is 0.0766 e. The largest absolute Gasteiger partial charge is 0.389 e. The lowest BCUT2D eigenvalue weighted by Crippen LogP contribution is -2.52. The van der Waals surface area contributed by atoms with Crippen molar-refractivity contribution < 1.29 is 9.84 Å². The van der Waals surface area contributed by atoms with Crippen molar-refractivity contribution in [3.63, 3.8) is 0 Å². The Morgan fingerprint density at radius 2 is 1.50 bits per heavy atom. The van der Waals surface area contributed by atoms with Crippen molar-refractivity contribution >= 4 is 0 Å². The quantitative estimate of drug-likeness (QED) is 0.548. The van der Waals surface area contributed by atoms with Crippen LogP contribution >= 0.6 is 0 Å². The van der Waals surface area contributed by atoms with Gasteiger partial charge in [0.25, 0.3) is 0 Å². The molecule has 1 unspecified atom stereocenters. The highest BCUT2D eigenvalue weighted by Gasteiger charge is 2.27. The van der Waals surface area contributed by atoms with E-state index in [0.717, 1.165) is 25.8 Å². The molecule has 0 saturated carbocycles. The van der Waals surface area contributed by atoms with Gasteiger partial charge >= 0.3 is 0 Å². The first kappa shape index (κ1) is 21.8. The monoisotopic (exact) mass is 316 g/mol. The molecule has 4 nitrogen and oxygen atoms in total. The average molecular weight is 317 g/mol. The Balaban J connectivity index is 4.28. The molecule has 0 rings (SSSR count). The van der Waals surface area contributed by atoms with Crippen LogP contribution in [0.1, 0.15) is 74.7 Å². The van der Waals surface area contributed by atoms with Crippen LogP contribution in [0.15, 0.2) is 0 Å². The summed E-state index contributed by atoms with van der Waals surface area (Å²) in [7, 11) is 0. The first-order valence-electron chi connectivity index (χ1n) is 8.81. The molecule has 3 N–H and O–H groups in total. The van der Waals surface area contributed by atoms with Crippen LogP contribution in [0, 0.1) is 0 Å². The molecule has 0 saturated heterocycles. The molecular formula is C18H40N2O2. The van der Waals surface area contributed by atoms with Gasteiger partial charge in [0.15, 0.2) is 0 Å². The highest BCUT2D eigenvalue weighted by Crippen LogP contribution is 2.15. The lowest BCUT2D eigenvalue weighted by Gasteiger charge is -2.34. The van der Waals surface area contributed by atoms with E-state index in [2.05, 4.69) is 52.2 Å². The number of ether oxygens (including phenoxy) is 1. The predicted molar refractivity (Wildman–Crippen MR) is 95.4 cm³/mol. The summed E-state index contributed by atoms with van der Waals surface area (Å²) in [5, 5.41) is 17.3. The molecule has 0 aromatic rings. The second kappa shape index (κ2) is 9.21. The SMILES string of the molecule is CCC(CNC(C)(C)C)OCC(C)(C)NCC(O)(CC)CC. The molecule has 0 aliphatic heterocycles. The van der Waals surface area contributed by atoms with E-state index < -0.39 is 5.60 Å². The third-order valence-corrected chi connectivity index (χ3v) is 4.21. The maximum atomic E-state index is 10.4. The number of aliphatic hydroxyl groups is 1. The second-order valence-corrected chi connectivity index (χ2v) is 8.14. The minimum Gasteiger partial charge on any atom is -0.389 e. The Morgan fingerprint density at radius 3 is 1.91 bits per heavy atom. The van der Waals surface area contributed by atoms with Gasteiger partial charge in [-0.2, -0.15) is 0 Å². The molecule has 0 bridgehead atoms. The van der Waals surface area contributed by atoms with Gasteiger partial charge in [-0.3, -0.25) is 0 Å². The number of β-amino-alcohol motifs (C(OH)–C–C–N with tert-alkyl or cyclic N) is 1. The zero-order chi connectivity index (χ0) is 17.4. The van der Waals surface area contributed by atoms with E-state index in [-0.39, 0.29) is 17.2 Å². The number of rotatable bonds is 11. The molecule has 0 fully saturated rings. The molecule has 0 aliphatic rings. The van der Waals surface area contributed by atoms with Gasteiger partial charge in [0.05, 0.1) is 18.3 Å². The van der Waals surface area contributed by atoms with E-state index in [1.54, 1.807) is 0 Å². The van der Waals surface area contributed by atoms with Gasteiger partial charge in [0, 0.05) is 24.2 Å². The molecule has 22 heavy (non-hydrogen) atoms. The van der Waals surface area contributed by atoms with E-state index in [9.17, 15) is 5.11 Å². The van der Waals surface area contributed by atoms with Crippen LogP contribution in [0.25, 0.3) is 0 Å². The summed E-state index contributed by atoms with van der Waals surface area (Å²) >= 11 is 0. The summed E-state index contributed by atoms with van der Waals surface area (Å²) in [6.07, 6.45) is 2.74. The maximum Gasteiger partial charge on any atom is 0.0766 e. The van der Waals surface area contributed by atoms with Crippen LogP contribution in [0.5, 0.6) is 0 Å². The van der Waals surface area contributed by atoms with Crippen molar-refractivity contribution in [2.24, 2.45) is 0 Å². The van der Waals surface area contributed by atoms with Crippen LogP contribution in [0.3, 0.4) is 0 Å². The molecule has 0 amide bonds. The van der Waals surface area contributed by atoms with Crippen LogP contribution in [0.2, 0.25) is 0 Å². The molecule has 0 aliphatic carbocycles. The molecule has 0 spiro atoms. The predicted octanol–water partition coefficient (Wildman–Crippen LogP) is 3.09. The first-order chi connectivity index (χ1) is 9.97. The molecule has 0 aromatic heterocycles. The van der Waals surface area contributed by atoms with E-state index in [0.29, 0.717) is 13.2 Å². The summed E-state index contributed by atoms with van der Waals surface area (Å²) in [5.41, 5.74) is -0.647. The molecule has 0 heterocycles. The molecule has 1 atom stereocenters. The normalized spacial score (nSPS) is 15.1. The second-order valence-electron chi connectivity index (χ2n) is 8.14. The summed E-state index contributed by atoms with van der Waals surface area (Å²) in [6, 6.07) is 0. The Morgan fingerprint density at radius 1 is 0.955 bits per heavy atom. The van der Waals surface area contributed by atoms with Crippen LogP contribution < -0.4 is 10.6 Å². The third kappa shape index (κ3) is 9.78. The molecule has 0 aromatic carbocycles. The zero-order valence-electron chi connectivity index (χ0n) is 16.2. The van der Waals surface area contributed by atoms with Crippen molar-refractivity contribution in [3.8, 4) is 0 Å². The topological polar surface area (TPSA) is 53.5 Å². The fraction of sp³-hybridized carbons (Fsp3) is 1.00. The van der Waals surface area contributed by atoms with Gasteiger partial charge in [-0.1, -0.05) is 20.8 Å². The number of hydrogen-bond acceptors (Lipinski definition) is 4. The maximum absolute atomic E-state index is 10.4. The number of nitrogens with one attached hydrogen (secondary N) is 2. The Labute approximate surface area is 138 Å². The highest BCUT2D eigenvalue weighted by molar-refractivity contribution is 4.85. The van der Waals surface area contributed by atoms with Gasteiger partial charge < -0.3 is 20.5 Å². The minimum absolute atomic E-state index is 0.114. The molecular weight excluding hydrogens is 276 g/mol. The van der Waals surface area contributed by atoms with Crippen molar-refractivity contribution in [3.05, 3.63) is 0 Å². The van der Waals surface area contributed by atoms with Crippen LogP contribution in [-0.4, -0.2) is 47.6 Å². The molecule has 0 radical (unpaired) electrons. The van der Waals surface area contributed by atoms with E-state index in [1.165, 1.54) is 0 Å². The lowest BCUT2D eigenvalue weighted by atomic mass is 9.95. The summed E-state index contributed by atoms with van der Waals surface area (Å²) in [6.45, 7) is 19.1. The van der Waals surface area contributed by atoms with Gasteiger partial charge in [0.2, 0.25) is 0 Å². The molecule has 134 valence electrons. The average Bonchev–Trinajstić information content (AvgIpc) is 2.44. The lowest BCUT2D eigenvalue weighted by molar-refractivity contribution is -0.00591. The highest BCUT2D eigenvalue weighted by atomic mass is 16.5. The third-order valence-electron chi connectivity index (χ3n) is 4.21. The fourth-order valence-electron chi connectivity index (χ4n) is 2.02. The summed E-state index contributed by atoms with van der Waals surface area (Å²) < 4.78 is 6.08. The summed E-state index contributed by atoms with van der Waals surface area (Å²) in [5.74, 6) is 0. The van der Waals surface area contributed by atoms with Crippen molar-refractivity contribution in [1.82, 2.24) is 10.6 Å². The Kier molecular flexibility index (Phi) is 9.15. The zero-order valence-corrected chi connectivity index (χ0v) is 16.2. The minimum atomic E-state index is -0.616. The number of hydrogen-bond donors (Lipinski definition) is 3. The summed E-state index contributed by atoms with van der Waals surface area (Å²) in [4.78, 5) is 0. The van der Waals surface area contributed by atoms with Crippen LogP contribution in [0.4, 0.5) is 0 Å². The van der Waals surface area contributed by atoms with Crippen molar-refractivity contribution in [1.29, 1.82) is 0 Å².